The average molecular weight is 321 g/mol. The predicted octanol–water partition coefficient (Wildman–Crippen LogP) is 4.31. The molecule has 0 spiro atoms. The summed E-state index contributed by atoms with van der Waals surface area (Å²) in [5, 5.41) is 5.09. The van der Waals surface area contributed by atoms with Gasteiger partial charge < -0.3 is 5.32 Å². The number of carbonyl (C=O) groups is 1. The van der Waals surface area contributed by atoms with E-state index in [9.17, 15) is 4.79 Å². The van der Waals surface area contributed by atoms with Gasteiger partial charge in [-0.15, -0.1) is 11.3 Å². The van der Waals surface area contributed by atoms with E-state index in [-0.39, 0.29) is 5.91 Å². The maximum absolute atomic E-state index is 12.5. The molecule has 0 aliphatic carbocycles. The Morgan fingerprint density at radius 3 is 2.48 bits per heavy atom. The molecule has 0 saturated heterocycles. The summed E-state index contributed by atoms with van der Waals surface area (Å²) in [5.74, 6) is 0.00749. The molecule has 0 aliphatic rings. The monoisotopic (exact) mass is 321 g/mol. The molecule has 3 rings (SSSR count). The lowest BCUT2D eigenvalue weighted by Crippen LogP contribution is -2.26. The van der Waals surface area contributed by atoms with Gasteiger partial charge in [-0.05, 0) is 41.5 Å². The van der Waals surface area contributed by atoms with Crippen LogP contribution in [0.4, 0.5) is 0 Å². The number of rotatable bonds is 6. The van der Waals surface area contributed by atoms with Crippen LogP contribution >= 0.6 is 11.3 Å². The van der Waals surface area contributed by atoms with E-state index in [1.54, 1.807) is 11.3 Å². The SMILES string of the molecule is O=C(NCCc1cccs1)c1ccccc1Cc1ccccc1. The lowest BCUT2D eigenvalue weighted by Gasteiger charge is -2.10. The molecule has 1 aromatic heterocycles. The van der Waals surface area contributed by atoms with Crippen molar-refractivity contribution in [1.82, 2.24) is 5.32 Å². The Morgan fingerprint density at radius 1 is 0.913 bits per heavy atom. The molecular weight excluding hydrogens is 302 g/mol. The number of carbonyl (C=O) groups excluding carboxylic acids is 1. The first-order valence-corrected chi connectivity index (χ1v) is 8.63. The van der Waals surface area contributed by atoms with E-state index in [2.05, 4.69) is 28.9 Å². The van der Waals surface area contributed by atoms with Gasteiger partial charge in [0.25, 0.3) is 5.91 Å². The highest BCUT2D eigenvalue weighted by molar-refractivity contribution is 7.09. The summed E-state index contributed by atoms with van der Waals surface area (Å²) in [7, 11) is 0. The second-order valence-corrected chi connectivity index (χ2v) is 6.44. The van der Waals surface area contributed by atoms with Gasteiger partial charge in [-0.1, -0.05) is 54.6 Å². The lowest BCUT2D eigenvalue weighted by atomic mass is 9.99. The zero-order chi connectivity index (χ0) is 15.9. The summed E-state index contributed by atoms with van der Waals surface area (Å²) in [4.78, 5) is 13.8. The Hall–Kier alpha value is -2.39. The van der Waals surface area contributed by atoms with Crippen molar-refractivity contribution in [3.05, 3.63) is 93.7 Å². The first kappa shape index (κ1) is 15.5. The Labute approximate surface area is 140 Å². The van der Waals surface area contributed by atoms with E-state index in [4.69, 9.17) is 0 Å². The molecule has 1 heterocycles. The highest BCUT2D eigenvalue weighted by Gasteiger charge is 2.10. The van der Waals surface area contributed by atoms with Crippen molar-refractivity contribution in [2.75, 3.05) is 6.54 Å². The summed E-state index contributed by atoms with van der Waals surface area (Å²) < 4.78 is 0. The lowest BCUT2D eigenvalue weighted by molar-refractivity contribution is 0.0953. The fraction of sp³-hybridized carbons (Fsp3) is 0.150. The number of hydrogen-bond acceptors (Lipinski definition) is 2. The van der Waals surface area contributed by atoms with E-state index in [0.29, 0.717) is 6.54 Å². The van der Waals surface area contributed by atoms with E-state index in [1.165, 1.54) is 10.4 Å². The predicted molar refractivity (Wildman–Crippen MR) is 96.0 cm³/mol. The van der Waals surface area contributed by atoms with Gasteiger partial charge in [-0.2, -0.15) is 0 Å². The molecule has 2 nitrogen and oxygen atoms in total. The molecule has 0 bridgehead atoms. The van der Waals surface area contributed by atoms with Gasteiger partial charge in [0.2, 0.25) is 0 Å². The number of nitrogens with one attached hydrogen (secondary N) is 1. The van der Waals surface area contributed by atoms with E-state index >= 15 is 0 Å². The van der Waals surface area contributed by atoms with Crippen molar-refractivity contribution in [3.8, 4) is 0 Å². The minimum atomic E-state index is 0.00749. The largest absolute Gasteiger partial charge is 0.352 e. The smallest absolute Gasteiger partial charge is 0.251 e. The second kappa shape index (κ2) is 7.75. The van der Waals surface area contributed by atoms with Crippen molar-refractivity contribution in [2.24, 2.45) is 0 Å². The zero-order valence-electron chi connectivity index (χ0n) is 12.9. The van der Waals surface area contributed by atoms with Gasteiger partial charge in [-0.25, -0.2) is 0 Å². The van der Waals surface area contributed by atoms with Gasteiger partial charge >= 0.3 is 0 Å². The van der Waals surface area contributed by atoms with Crippen LogP contribution in [-0.4, -0.2) is 12.5 Å². The quantitative estimate of drug-likeness (QED) is 0.720. The summed E-state index contributed by atoms with van der Waals surface area (Å²) in [6, 6.07) is 22.2. The Morgan fingerprint density at radius 2 is 1.70 bits per heavy atom. The van der Waals surface area contributed by atoms with E-state index < -0.39 is 0 Å². The van der Waals surface area contributed by atoms with E-state index in [1.807, 2.05) is 48.5 Å². The average Bonchev–Trinajstić information content (AvgIpc) is 3.09. The second-order valence-electron chi connectivity index (χ2n) is 5.40. The minimum Gasteiger partial charge on any atom is -0.352 e. The van der Waals surface area contributed by atoms with Crippen molar-refractivity contribution in [2.45, 2.75) is 12.8 Å². The standard InChI is InChI=1S/C20H19NOS/c22-20(21-13-12-18-10-6-14-23-18)19-11-5-4-9-17(19)15-16-7-2-1-3-8-16/h1-11,14H,12-13,15H2,(H,21,22). The fourth-order valence-corrected chi connectivity index (χ4v) is 3.27. The molecular formula is C20H19NOS. The van der Waals surface area contributed by atoms with Gasteiger partial charge in [0.1, 0.15) is 0 Å². The maximum atomic E-state index is 12.5. The molecule has 1 N–H and O–H groups in total. The van der Waals surface area contributed by atoms with Crippen molar-refractivity contribution >= 4 is 17.2 Å². The minimum absolute atomic E-state index is 0.00749. The summed E-state index contributed by atoms with van der Waals surface area (Å²) in [6.07, 6.45) is 1.65. The van der Waals surface area contributed by atoms with Crippen LogP contribution in [0.1, 0.15) is 26.4 Å². The number of amides is 1. The van der Waals surface area contributed by atoms with Crippen LogP contribution in [0, 0.1) is 0 Å². The molecule has 3 heteroatoms. The molecule has 0 unspecified atom stereocenters. The summed E-state index contributed by atoms with van der Waals surface area (Å²) in [6.45, 7) is 0.666. The third-order valence-corrected chi connectivity index (χ3v) is 4.67. The van der Waals surface area contributed by atoms with Crippen molar-refractivity contribution in [3.63, 3.8) is 0 Å². The topological polar surface area (TPSA) is 29.1 Å². The molecule has 0 aliphatic heterocycles. The highest BCUT2D eigenvalue weighted by Crippen LogP contribution is 2.15. The summed E-state index contributed by atoms with van der Waals surface area (Å²) in [5.41, 5.74) is 3.04. The van der Waals surface area contributed by atoms with E-state index in [0.717, 1.165) is 24.0 Å². The number of thiophene rings is 1. The van der Waals surface area contributed by atoms with Crippen LogP contribution in [-0.2, 0) is 12.8 Å². The third-order valence-electron chi connectivity index (χ3n) is 3.74. The first-order valence-electron chi connectivity index (χ1n) is 7.75. The molecule has 0 fully saturated rings. The molecule has 0 radical (unpaired) electrons. The van der Waals surface area contributed by atoms with Crippen LogP contribution in [0.3, 0.4) is 0 Å². The molecule has 0 atom stereocenters. The molecule has 0 saturated carbocycles. The fourth-order valence-electron chi connectivity index (χ4n) is 2.56. The van der Waals surface area contributed by atoms with Crippen LogP contribution in [0.2, 0.25) is 0 Å². The van der Waals surface area contributed by atoms with Crippen molar-refractivity contribution < 1.29 is 4.79 Å². The molecule has 116 valence electrons. The van der Waals surface area contributed by atoms with Gasteiger partial charge in [0.15, 0.2) is 0 Å². The van der Waals surface area contributed by atoms with Crippen LogP contribution in [0.25, 0.3) is 0 Å². The van der Waals surface area contributed by atoms with Gasteiger partial charge in [0, 0.05) is 17.0 Å². The Kier molecular flexibility index (Phi) is 5.22. The Balaban J connectivity index is 1.65. The van der Waals surface area contributed by atoms with Gasteiger partial charge in [0.05, 0.1) is 0 Å². The summed E-state index contributed by atoms with van der Waals surface area (Å²) >= 11 is 1.72. The Bertz CT molecular complexity index is 750. The van der Waals surface area contributed by atoms with Crippen molar-refractivity contribution in [1.29, 1.82) is 0 Å². The number of hydrogen-bond donors (Lipinski definition) is 1. The van der Waals surface area contributed by atoms with Crippen LogP contribution in [0.5, 0.6) is 0 Å². The zero-order valence-corrected chi connectivity index (χ0v) is 13.7. The van der Waals surface area contributed by atoms with Gasteiger partial charge in [-0.3, -0.25) is 4.79 Å². The highest BCUT2D eigenvalue weighted by atomic mass is 32.1. The third kappa shape index (κ3) is 4.30. The first-order chi connectivity index (χ1) is 11.3. The molecule has 23 heavy (non-hydrogen) atoms. The van der Waals surface area contributed by atoms with Crippen LogP contribution in [0.15, 0.2) is 72.1 Å². The normalized spacial score (nSPS) is 10.4. The molecule has 1 amide bonds. The number of benzene rings is 2. The van der Waals surface area contributed by atoms with Crippen LogP contribution < -0.4 is 5.32 Å². The maximum Gasteiger partial charge on any atom is 0.251 e. The molecule has 3 aromatic rings. The molecule has 2 aromatic carbocycles.